The molecule has 0 radical (unpaired) electrons. The Morgan fingerprint density at radius 3 is 2.57 bits per heavy atom. The van der Waals surface area contributed by atoms with Crippen LogP contribution in [0.2, 0.25) is 0 Å². The van der Waals surface area contributed by atoms with E-state index in [1.165, 1.54) is 12.1 Å². The van der Waals surface area contributed by atoms with Crippen molar-refractivity contribution in [3.63, 3.8) is 0 Å². The molecule has 0 saturated carbocycles. The number of nitrogens with one attached hydrogen (secondary N) is 1. The molecular formula is C28H25F2NO6. The Hall–Kier alpha value is -4.14. The topological polar surface area (TPSA) is 94.1 Å². The van der Waals surface area contributed by atoms with Crippen LogP contribution in [-0.4, -0.2) is 35.9 Å². The van der Waals surface area contributed by atoms with Crippen LogP contribution in [0.3, 0.4) is 0 Å². The number of aliphatic carboxylic acids is 1. The SMILES string of the molecule is O=C(O)CC(c1ccc2c(c1)OC(F)(F)O2)c1ccc2ccc(OCC(=O)NC3C=CCCC3)cc2c1. The van der Waals surface area contributed by atoms with Crippen molar-refractivity contribution in [3.05, 3.63) is 77.9 Å². The Morgan fingerprint density at radius 2 is 1.78 bits per heavy atom. The van der Waals surface area contributed by atoms with E-state index in [1.807, 2.05) is 24.3 Å². The molecule has 0 spiro atoms. The third-order valence-corrected chi connectivity index (χ3v) is 6.42. The molecule has 0 saturated heterocycles. The first-order chi connectivity index (χ1) is 17.8. The molecule has 1 aliphatic heterocycles. The molecule has 2 unspecified atom stereocenters. The number of carboxylic acid groups (broad SMARTS) is 1. The van der Waals surface area contributed by atoms with Gasteiger partial charge in [0.2, 0.25) is 0 Å². The van der Waals surface area contributed by atoms with E-state index in [4.69, 9.17) is 4.74 Å². The third-order valence-electron chi connectivity index (χ3n) is 6.42. The molecule has 2 N–H and O–H groups in total. The molecule has 2 atom stereocenters. The Morgan fingerprint density at radius 1 is 1.03 bits per heavy atom. The Kier molecular flexibility index (Phi) is 6.69. The second-order valence-electron chi connectivity index (χ2n) is 9.11. The first kappa shape index (κ1) is 24.5. The summed E-state index contributed by atoms with van der Waals surface area (Å²) in [5, 5.41) is 14.2. The maximum absolute atomic E-state index is 13.5. The van der Waals surface area contributed by atoms with E-state index in [0.717, 1.165) is 30.0 Å². The number of carboxylic acids is 1. The summed E-state index contributed by atoms with van der Waals surface area (Å²) in [6, 6.07) is 15.2. The molecule has 0 bridgehead atoms. The summed E-state index contributed by atoms with van der Waals surface area (Å²) in [5.41, 5.74) is 1.18. The minimum absolute atomic E-state index is 0.0255. The highest BCUT2D eigenvalue weighted by atomic mass is 19.3. The van der Waals surface area contributed by atoms with Gasteiger partial charge in [0.25, 0.3) is 5.91 Å². The van der Waals surface area contributed by atoms with Gasteiger partial charge in [-0.3, -0.25) is 9.59 Å². The summed E-state index contributed by atoms with van der Waals surface area (Å²) >= 11 is 0. The maximum Gasteiger partial charge on any atom is 0.586 e. The molecule has 1 amide bonds. The number of hydrogen-bond acceptors (Lipinski definition) is 5. The highest BCUT2D eigenvalue weighted by molar-refractivity contribution is 5.85. The molecule has 9 heteroatoms. The second-order valence-corrected chi connectivity index (χ2v) is 9.11. The predicted molar refractivity (Wildman–Crippen MR) is 131 cm³/mol. The van der Waals surface area contributed by atoms with Crippen molar-refractivity contribution in [2.24, 2.45) is 0 Å². The van der Waals surface area contributed by atoms with E-state index in [0.29, 0.717) is 16.9 Å². The molecule has 37 heavy (non-hydrogen) atoms. The highest BCUT2D eigenvalue weighted by Crippen LogP contribution is 2.43. The summed E-state index contributed by atoms with van der Waals surface area (Å²) in [6.45, 7) is -0.126. The predicted octanol–water partition coefficient (Wildman–Crippen LogP) is 5.37. The van der Waals surface area contributed by atoms with Crippen LogP contribution in [-0.2, 0) is 9.59 Å². The zero-order valence-corrected chi connectivity index (χ0v) is 19.8. The third kappa shape index (κ3) is 5.82. The number of carbonyl (C=O) groups excluding carboxylic acids is 1. The van der Waals surface area contributed by atoms with Crippen LogP contribution in [0.25, 0.3) is 10.8 Å². The van der Waals surface area contributed by atoms with E-state index in [-0.39, 0.29) is 36.5 Å². The number of allylic oxidation sites excluding steroid dienone is 1. The lowest BCUT2D eigenvalue weighted by Crippen LogP contribution is -2.37. The van der Waals surface area contributed by atoms with Crippen molar-refractivity contribution in [3.8, 4) is 17.2 Å². The second kappa shape index (κ2) is 10.1. The van der Waals surface area contributed by atoms with Crippen LogP contribution in [0.5, 0.6) is 17.2 Å². The van der Waals surface area contributed by atoms with E-state index in [9.17, 15) is 23.5 Å². The van der Waals surface area contributed by atoms with Gasteiger partial charge in [0, 0.05) is 12.0 Å². The van der Waals surface area contributed by atoms with Crippen LogP contribution in [0.1, 0.15) is 42.7 Å². The maximum atomic E-state index is 13.5. The molecular weight excluding hydrogens is 484 g/mol. The van der Waals surface area contributed by atoms with Gasteiger partial charge in [-0.25, -0.2) is 0 Å². The van der Waals surface area contributed by atoms with Crippen LogP contribution < -0.4 is 19.5 Å². The first-order valence-corrected chi connectivity index (χ1v) is 12.0. The normalized spacial score (nSPS) is 18.4. The van der Waals surface area contributed by atoms with Crippen LogP contribution in [0.15, 0.2) is 66.7 Å². The number of halogens is 2. The lowest BCUT2D eigenvalue weighted by Gasteiger charge is -2.18. The zero-order valence-electron chi connectivity index (χ0n) is 19.8. The number of hydrogen-bond donors (Lipinski definition) is 2. The van der Waals surface area contributed by atoms with Gasteiger partial charge in [-0.15, -0.1) is 8.78 Å². The molecule has 1 heterocycles. The van der Waals surface area contributed by atoms with Gasteiger partial charge in [0.1, 0.15) is 5.75 Å². The molecule has 192 valence electrons. The van der Waals surface area contributed by atoms with Gasteiger partial charge in [-0.1, -0.05) is 42.5 Å². The molecule has 2 aliphatic rings. The molecule has 5 rings (SSSR count). The lowest BCUT2D eigenvalue weighted by molar-refractivity contribution is -0.286. The van der Waals surface area contributed by atoms with Gasteiger partial charge >= 0.3 is 12.3 Å². The minimum atomic E-state index is -3.76. The van der Waals surface area contributed by atoms with Crippen molar-refractivity contribution in [1.82, 2.24) is 5.32 Å². The Bertz CT molecular complexity index is 1370. The summed E-state index contributed by atoms with van der Waals surface area (Å²) in [7, 11) is 0. The zero-order chi connectivity index (χ0) is 26.0. The molecule has 3 aromatic carbocycles. The number of fused-ring (bicyclic) bond motifs is 2. The summed E-state index contributed by atoms with van der Waals surface area (Å²) in [4.78, 5) is 23.9. The van der Waals surface area contributed by atoms with E-state index in [1.54, 1.807) is 24.3 Å². The van der Waals surface area contributed by atoms with Crippen molar-refractivity contribution in [2.75, 3.05) is 6.61 Å². The molecule has 7 nitrogen and oxygen atoms in total. The summed E-state index contributed by atoms with van der Waals surface area (Å²) in [5.74, 6) is -1.62. The van der Waals surface area contributed by atoms with Gasteiger partial charge < -0.3 is 24.6 Å². The summed E-state index contributed by atoms with van der Waals surface area (Å²) in [6.07, 6.45) is 3.02. The van der Waals surface area contributed by atoms with Crippen molar-refractivity contribution in [1.29, 1.82) is 0 Å². The number of alkyl halides is 2. The number of benzene rings is 3. The van der Waals surface area contributed by atoms with Crippen molar-refractivity contribution in [2.45, 2.75) is 43.9 Å². The number of rotatable bonds is 8. The quantitative estimate of drug-likeness (QED) is 0.397. The van der Waals surface area contributed by atoms with Gasteiger partial charge in [0.15, 0.2) is 18.1 Å². The Balaban J connectivity index is 1.36. The lowest BCUT2D eigenvalue weighted by atomic mass is 9.87. The molecule has 1 aliphatic carbocycles. The molecule has 0 aromatic heterocycles. The fourth-order valence-electron chi connectivity index (χ4n) is 4.66. The van der Waals surface area contributed by atoms with Crippen LogP contribution >= 0.6 is 0 Å². The van der Waals surface area contributed by atoms with Crippen molar-refractivity contribution >= 4 is 22.6 Å². The average Bonchev–Trinajstić information content (AvgIpc) is 3.19. The van der Waals surface area contributed by atoms with E-state index in [2.05, 4.69) is 20.9 Å². The van der Waals surface area contributed by atoms with E-state index >= 15 is 0 Å². The minimum Gasteiger partial charge on any atom is -0.484 e. The first-order valence-electron chi connectivity index (χ1n) is 12.0. The summed E-state index contributed by atoms with van der Waals surface area (Å²) < 4.78 is 41.6. The number of carbonyl (C=O) groups is 2. The van der Waals surface area contributed by atoms with Crippen LogP contribution in [0, 0.1) is 0 Å². The molecule has 0 fully saturated rings. The fraction of sp³-hybridized carbons (Fsp3) is 0.286. The number of amides is 1. The Labute approximate surface area is 211 Å². The highest BCUT2D eigenvalue weighted by Gasteiger charge is 2.43. The number of ether oxygens (including phenoxy) is 3. The fourth-order valence-corrected chi connectivity index (χ4v) is 4.66. The standard InChI is InChI=1S/C28H25F2NO6/c29-28(30)36-24-11-9-19(14-25(24)37-28)23(15-27(33)34)18-7-6-17-8-10-22(13-20(17)12-18)35-16-26(32)31-21-4-2-1-3-5-21/h2,4,6-14,21,23H,1,3,5,15-16H2,(H,31,32)(H,33,34). The van der Waals surface area contributed by atoms with Crippen molar-refractivity contribution < 1.29 is 37.7 Å². The van der Waals surface area contributed by atoms with E-state index < -0.39 is 18.2 Å². The van der Waals surface area contributed by atoms with Gasteiger partial charge in [-0.2, -0.15) is 0 Å². The monoisotopic (exact) mass is 509 g/mol. The van der Waals surface area contributed by atoms with Gasteiger partial charge in [-0.05, 0) is 65.4 Å². The molecule has 3 aromatic rings. The smallest absolute Gasteiger partial charge is 0.484 e. The largest absolute Gasteiger partial charge is 0.586 e. The average molecular weight is 510 g/mol. The van der Waals surface area contributed by atoms with Gasteiger partial charge in [0.05, 0.1) is 6.42 Å². The van der Waals surface area contributed by atoms with Crippen LogP contribution in [0.4, 0.5) is 8.78 Å².